The maximum atomic E-state index is 13.0. The Labute approximate surface area is 85.7 Å². The highest BCUT2D eigenvalue weighted by atomic mass is 19.2. The van der Waals surface area contributed by atoms with Crippen molar-refractivity contribution in [2.45, 2.75) is 6.54 Å². The highest BCUT2D eigenvalue weighted by Gasteiger charge is 2.08. The quantitative estimate of drug-likeness (QED) is 0.834. The van der Waals surface area contributed by atoms with Crippen LogP contribution in [0.5, 0.6) is 0 Å². The Morgan fingerprint density at radius 3 is 2.80 bits per heavy atom. The summed E-state index contributed by atoms with van der Waals surface area (Å²) >= 11 is 0. The molecule has 0 atom stereocenters. The molecule has 0 aliphatic heterocycles. The molecule has 80 valence electrons. The second-order valence-electron chi connectivity index (χ2n) is 3.30. The fraction of sp³-hybridized carbons (Fsp3) is 0.300. The zero-order valence-corrected chi connectivity index (χ0v) is 8.30. The largest absolute Gasteiger partial charge is 0.329 e. The normalized spacial score (nSPS) is 11.1. The van der Waals surface area contributed by atoms with Crippen LogP contribution in [0.4, 0.5) is 8.78 Å². The summed E-state index contributed by atoms with van der Waals surface area (Å²) in [5.41, 5.74) is 1.09. The lowest BCUT2D eigenvalue weighted by Gasteiger charge is -2.03. The van der Waals surface area contributed by atoms with E-state index in [9.17, 15) is 8.78 Å². The van der Waals surface area contributed by atoms with Gasteiger partial charge >= 0.3 is 0 Å². The van der Waals surface area contributed by atoms with Crippen molar-refractivity contribution in [3.63, 3.8) is 0 Å². The molecular formula is C10H11F2N3. The third kappa shape index (κ3) is 1.83. The van der Waals surface area contributed by atoms with Crippen molar-refractivity contribution in [3.8, 4) is 0 Å². The number of hydrogen-bond donors (Lipinski definition) is 1. The maximum absolute atomic E-state index is 13.0. The van der Waals surface area contributed by atoms with Gasteiger partial charge < -0.3 is 9.88 Å². The highest BCUT2D eigenvalue weighted by Crippen LogP contribution is 2.16. The van der Waals surface area contributed by atoms with Gasteiger partial charge in [0.25, 0.3) is 0 Å². The van der Waals surface area contributed by atoms with Crippen LogP contribution in [-0.2, 0) is 6.54 Å². The van der Waals surface area contributed by atoms with Gasteiger partial charge in [0, 0.05) is 25.2 Å². The van der Waals surface area contributed by atoms with Gasteiger partial charge in [-0.2, -0.15) is 0 Å². The average Bonchev–Trinajstić information content (AvgIpc) is 2.59. The maximum Gasteiger partial charge on any atom is 0.161 e. The Morgan fingerprint density at radius 2 is 2.07 bits per heavy atom. The summed E-state index contributed by atoms with van der Waals surface area (Å²) in [4.78, 5) is 4.00. The molecule has 0 amide bonds. The van der Waals surface area contributed by atoms with Gasteiger partial charge in [-0.25, -0.2) is 13.8 Å². The van der Waals surface area contributed by atoms with E-state index in [2.05, 4.69) is 10.3 Å². The first-order valence-electron chi connectivity index (χ1n) is 4.67. The number of nitrogens with one attached hydrogen (secondary N) is 1. The number of halogens is 2. The van der Waals surface area contributed by atoms with Gasteiger partial charge in [-0.15, -0.1) is 0 Å². The molecule has 0 unspecified atom stereocenters. The number of rotatable bonds is 3. The lowest BCUT2D eigenvalue weighted by molar-refractivity contribution is 0.510. The van der Waals surface area contributed by atoms with E-state index in [1.54, 1.807) is 10.9 Å². The number of hydrogen-bond acceptors (Lipinski definition) is 2. The second-order valence-corrected chi connectivity index (χ2v) is 3.30. The SMILES string of the molecule is CNCCn1cnc2cc(F)c(F)cc21. The van der Waals surface area contributed by atoms with Gasteiger partial charge in [-0.05, 0) is 7.05 Å². The van der Waals surface area contributed by atoms with E-state index >= 15 is 0 Å². The molecule has 2 aromatic rings. The fourth-order valence-corrected chi connectivity index (χ4v) is 1.46. The van der Waals surface area contributed by atoms with E-state index in [4.69, 9.17) is 0 Å². The summed E-state index contributed by atoms with van der Waals surface area (Å²) in [6, 6.07) is 2.29. The van der Waals surface area contributed by atoms with E-state index in [0.29, 0.717) is 17.6 Å². The van der Waals surface area contributed by atoms with Crippen LogP contribution in [0.1, 0.15) is 0 Å². The minimum atomic E-state index is -0.860. The smallest absolute Gasteiger partial charge is 0.161 e. The summed E-state index contributed by atoms with van der Waals surface area (Å²) in [5.74, 6) is -1.70. The van der Waals surface area contributed by atoms with Crippen molar-refractivity contribution < 1.29 is 8.78 Å². The molecule has 3 nitrogen and oxygen atoms in total. The molecule has 2 rings (SSSR count). The van der Waals surface area contributed by atoms with E-state index in [-0.39, 0.29) is 0 Å². The third-order valence-electron chi connectivity index (χ3n) is 2.27. The molecule has 0 radical (unpaired) electrons. The van der Waals surface area contributed by atoms with Crippen LogP contribution in [0.2, 0.25) is 0 Å². The lowest BCUT2D eigenvalue weighted by atomic mass is 10.3. The molecule has 1 aromatic heterocycles. The zero-order valence-electron chi connectivity index (χ0n) is 8.30. The van der Waals surface area contributed by atoms with Gasteiger partial charge in [0.2, 0.25) is 0 Å². The summed E-state index contributed by atoms with van der Waals surface area (Å²) in [7, 11) is 1.83. The molecule has 0 saturated carbocycles. The molecule has 0 aliphatic carbocycles. The zero-order chi connectivity index (χ0) is 10.8. The molecule has 5 heteroatoms. The van der Waals surface area contributed by atoms with Crippen LogP contribution in [0, 0.1) is 11.6 Å². The fourth-order valence-electron chi connectivity index (χ4n) is 1.46. The first kappa shape index (κ1) is 10.0. The summed E-state index contributed by atoms with van der Waals surface area (Å²) in [5, 5.41) is 2.98. The van der Waals surface area contributed by atoms with Crippen LogP contribution >= 0.6 is 0 Å². The topological polar surface area (TPSA) is 29.9 Å². The molecule has 15 heavy (non-hydrogen) atoms. The standard InChI is InChI=1S/C10H11F2N3/c1-13-2-3-15-6-14-9-4-7(11)8(12)5-10(9)15/h4-6,13H,2-3H2,1H3. The first-order chi connectivity index (χ1) is 7.22. The van der Waals surface area contributed by atoms with E-state index in [1.165, 1.54) is 6.07 Å². The average molecular weight is 211 g/mol. The predicted molar refractivity (Wildman–Crippen MR) is 53.6 cm³/mol. The van der Waals surface area contributed by atoms with E-state index in [0.717, 1.165) is 12.6 Å². The van der Waals surface area contributed by atoms with Crippen LogP contribution < -0.4 is 5.32 Å². The van der Waals surface area contributed by atoms with Crippen molar-refractivity contribution in [1.82, 2.24) is 14.9 Å². The van der Waals surface area contributed by atoms with Crippen LogP contribution in [-0.4, -0.2) is 23.1 Å². The Morgan fingerprint density at radius 1 is 1.33 bits per heavy atom. The number of aromatic nitrogens is 2. The number of imidazole rings is 1. The van der Waals surface area contributed by atoms with Crippen molar-refractivity contribution in [2.75, 3.05) is 13.6 Å². The molecule has 0 aliphatic rings. The van der Waals surface area contributed by atoms with Crippen molar-refractivity contribution >= 4 is 11.0 Å². The predicted octanol–water partition coefficient (Wildman–Crippen LogP) is 1.53. The summed E-state index contributed by atoms with van der Waals surface area (Å²) < 4.78 is 27.7. The minimum absolute atomic E-state index is 0.477. The number of likely N-dealkylation sites (N-methyl/N-ethyl adjacent to an activating group) is 1. The minimum Gasteiger partial charge on any atom is -0.329 e. The van der Waals surface area contributed by atoms with Gasteiger partial charge in [-0.3, -0.25) is 0 Å². The molecule has 0 saturated heterocycles. The third-order valence-corrected chi connectivity index (χ3v) is 2.27. The molecule has 0 spiro atoms. The van der Waals surface area contributed by atoms with Gasteiger partial charge in [0.1, 0.15) is 0 Å². The highest BCUT2D eigenvalue weighted by molar-refractivity contribution is 5.75. The number of nitrogens with zero attached hydrogens (tertiary/aromatic N) is 2. The van der Waals surface area contributed by atoms with Gasteiger partial charge in [0.05, 0.1) is 17.4 Å². The Hall–Kier alpha value is -1.49. The molecule has 1 N–H and O–H groups in total. The lowest BCUT2D eigenvalue weighted by Crippen LogP contribution is -2.14. The molecule has 0 bridgehead atoms. The molecule has 0 fully saturated rings. The van der Waals surface area contributed by atoms with Crippen molar-refractivity contribution in [1.29, 1.82) is 0 Å². The number of fused-ring (bicyclic) bond motifs is 1. The summed E-state index contributed by atoms with van der Waals surface area (Å²) in [6.45, 7) is 1.43. The second kappa shape index (κ2) is 3.94. The Bertz CT molecular complexity index is 479. The van der Waals surface area contributed by atoms with E-state index in [1.807, 2.05) is 7.05 Å². The first-order valence-corrected chi connectivity index (χ1v) is 4.67. The van der Waals surface area contributed by atoms with Crippen LogP contribution in [0.3, 0.4) is 0 Å². The molecule has 1 aromatic carbocycles. The van der Waals surface area contributed by atoms with Crippen molar-refractivity contribution in [3.05, 3.63) is 30.1 Å². The van der Waals surface area contributed by atoms with Crippen LogP contribution in [0.15, 0.2) is 18.5 Å². The van der Waals surface area contributed by atoms with Gasteiger partial charge in [0.15, 0.2) is 11.6 Å². The van der Waals surface area contributed by atoms with Gasteiger partial charge in [-0.1, -0.05) is 0 Å². The summed E-state index contributed by atoms with van der Waals surface area (Å²) in [6.07, 6.45) is 1.58. The van der Waals surface area contributed by atoms with E-state index < -0.39 is 11.6 Å². The Kier molecular flexibility index (Phi) is 2.64. The molecular weight excluding hydrogens is 200 g/mol. The number of benzene rings is 1. The van der Waals surface area contributed by atoms with Crippen LogP contribution in [0.25, 0.3) is 11.0 Å². The Balaban J connectivity index is 2.45. The van der Waals surface area contributed by atoms with Crippen molar-refractivity contribution in [2.24, 2.45) is 0 Å². The molecule has 1 heterocycles. The monoisotopic (exact) mass is 211 g/mol.